The quantitative estimate of drug-likeness (QED) is 0.507. The number of halogens is 2. The molecule has 1 heterocycles. The number of nitrogens with one attached hydrogen (secondary N) is 1. The maximum absolute atomic E-state index is 12.5. The maximum atomic E-state index is 12.5. The molecule has 0 spiro atoms. The van der Waals surface area contributed by atoms with Crippen molar-refractivity contribution >= 4 is 57.4 Å². The minimum Gasteiger partial charge on any atom is -0.462 e. The third kappa shape index (κ3) is 4.60. The van der Waals surface area contributed by atoms with E-state index >= 15 is 0 Å². The van der Waals surface area contributed by atoms with Gasteiger partial charge in [-0.25, -0.2) is 9.59 Å². The number of hydrogen-bond donors (Lipinski definition) is 1. The normalized spacial score (nSPS) is 10.6. The number of hydrogen-bond acceptors (Lipinski definition) is 6. The molecule has 3 rings (SSSR count). The Morgan fingerprint density at radius 2 is 1.69 bits per heavy atom. The molecule has 1 N–H and O–H groups in total. The van der Waals surface area contributed by atoms with Crippen LogP contribution in [0, 0.1) is 0 Å². The van der Waals surface area contributed by atoms with Crippen molar-refractivity contribution in [2.45, 2.75) is 13.8 Å². The molecule has 0 aliphatic heterocycles. The fourth-order valence-electron chi connectivity index (χ4n) is 2.75. The second-order valence-corrected chi connectivity index (χ2v) is 6.79. The molecular formula is C21H18Cl2N2O4. The number of carbonyl (C=O) groups is 2. The van der Waals surface area contributed by atoms with E-state index in [0.29, 0.717) is 37.9 Å². The summed E-state index contributed by atoms with van der Waals surface area (Å²) < 4.78 is 10.2. The highest BCUT2D eigenvalue weighted by molar-refractivity contribution is 6.42. The average molecular weight is 433 g/mol. The summed E-state index contributed by atoms with van der Waals surface area (Å²) in [6.07, 6.45) is 1.43. The van der Waals surface area contributed by atoms with Crippen LogP contribution >= 0.6 is 23.2 Å². The summed E-state index contributed by atoms with van der Waals surface area (Å²) in [6.45, 7) is 3.92. The van der Waals surface area contributed by atoms with Crippen LogP contribution in [0.2, 0.25) is 10.0 Å². The zero-order valence-electron chi connectivity index (χ0n) is 15.8. The summed E-state index contributed by atoms with van der Waals surface area (Å²) in [6, 6.07) is 9.95. The first-order valence-corrected chi connectivity index (χ1v) is 9.69. The topological polar surface area (TPSA) is 77.5 Å². The molecule has 0 saturated heterocycles. The third-order valence-electron chi connectivity index (χ3n) is 4.06. The highest BCUT2D eigenvalue weighted by Gasteiger charge is 2.19. The molecule has 2 aromatic carbocycles. The van der Waals surface area contributed by atoms with E-state index in [4.69, 9.17) is 32.7 Å². The number of aromatic nitrogens is 1. The zero-order chi connectivity index (χ0) is 21.0. The Labute approximate surface area is 177 Å². The van der Waals surface area contributed by atoms with Crippen LogP contribution in [-0.2, 0) is 9.47 Å². The first kappa shape index (κ1) is 20.9. The summed E-state index contributed by atoms with van der Waals surface area (Å²) >= 11 is 12.1. The average Bonchev–Trinajstić information content (AvgIpc) is 2.71. The Balaban J connectivity index is 2.18. The van der Waals surface area contributed by atoms with Crippen LogP contribution in [0.5, 0.6) is 0 Å². The molecule has 0 saturated carbocycles. The van der Waals surface area contributed by atoms with Crippen LogP contribution < -0.4 is 5.32 Å². The third-order valence-corrected chi connectivity index (χ3v) is 4.80. The summed E-state index contributed by atoms with van der Waals surface area (Å²) in [5, 5.41) is 4.52. The van der Waals surface area contributed by atoms with Gasteiger partial charge in [-0.05, 0) is 50.2 Å². The van der Waals surface area contributed by atoms with Crippen LogP contribution in [-0.4, -0.2) is 30.1 Å². The van der Waals surface area contributed by atoms with E-state index in [-0.39, 0.29) is 18.8 Å². The largest absolute Gasteiger partial charge is 0.462 e. The van der Waals surface area contributed by atoms with Gasteiger partial charge in [-0.15, -0.1) is 0 Å². The fourth-order valence-corrected chi connectivity index (χ4v) is 3.05. The molecule has 0 bridgehead atoms. The monoisotopic (exact) mass is 432 g/mol. The number of nitrogens with zero attached hydrogens (tertiary/aromatic N) is 1. The van der Waals surface area contributed by atoms with Gasteiger partial charge in [0, 0.05) is 17.3 Å². The van der Waals surface area contributed by atoms with E-state index in [9.17, 15) is 9.59 Å². The lowest BCUT2D eigenvalue weighted by Gasteiger charge is -2.15. The maximum Gasteiger partial charge on any atom is 0.341 e. The Kier molecular flexibility index (Phi) is 6.56. The van der Waals surface area contributed by atoms with Gasteiger partial charge in [0.1, 0.15) is 5.56 Å². The molecule has 6 nitrogen and oxygen atoms in total. The second kappa shape index (κ2) is 9.11. The molecule has 0 aliphatic rings. The molecule has 0 unspecified atom stereocenters. The van der Waals surface area contributed by atoms with E-state index in [1.54, 1.807) is 50.2 Å². The van der Waals surface area contributed by atoms with Crippen molar-refractivity contribution < 1.29 is 19.1 Å². The number of ether oxygens (including phenoxy) is 2. The van der Waals surface area contributed by atoms with Crippen LogP contribution in [0.15, 0.2) is 42.6 Å². The van der Waals surface area contributed by atoms with Crippen molar-refractivity contribution in [1.82, 2.24) is 4.98 Å². The van der Waals surface area contributed by atoms with Crippen molar-refractivity contribution in [1.29, 1.82) is 0 Å². The van der Waals surface area contributed by atoms with Gasteiger partial charge in [-0.2, -0.15) is 0 Å². The Morgan fingerprint density at radius 1 is 0.966 bits per heavy atom. The number of carbonyl (C=O) groups excluding carboxylic acids is 2. The smallest absolute Gasteiger partial charge is 0.341 e. The molecule has 3 aromatic rings. The molecule has 0 fully saturated rings. The summed E-state index contributed by atoms with van der Waals surface area (Å²) in [7, 11) is 0. The van der Waals surface area contributed by atoms with Gasteiger partial charge in [0.05, 0.1) is 40.0 Å². The minimum atomic E-state index is -0.536. The Bertz CT molecular complexity index is 1080. The van der Waals surface area contributed by atoms with Gasteiger partial charge in [0.25, 0.3) is 0 Å². The van der Waals surface area contributed by atoms with Crippen LogP contribution in [0.1, 0.15) is 34.6 Å². The molecule has 8 heteroatoms. The number of rotatable bonds is 6. The van der Waals surface area contributed by atoms with Gasteiger partial charge < -0.3 is 14.8 Å². The van der Waals surface area contributed by atoms with Crippen LogP contribution in [0.4, 0.5) is 11.4 Å². The number of benzene rings is 2. The van der Waals surface area contributed by atoms with E-state index in [0.717, 1.165) is 0 Å². The van der Waals surface area contributed by atoms with Gasteiger partial charge in [-0.3, -0.25) is 4.98 Å². The van der Waals surface area contributed by atoms with Crippen molar-refractivity contribution in [2.75, 3.05) is 18.5 Å². The number of pyridine rings is 1. The second-order valence-electron chi connectivity index (χ2n) is 5.97. The summed E-state index contributed by atoms with van der Waals surface area (Å²) in [5.41, 5.74) is 2.22. The van der Waals surface area contributed by atoms with Crippen molar-refractivity contribution in [3.05, 3.63) is 63.8 Å². The van der Waals surface area contributed by atoms with Crippen molar-refractivity contribution in [3.63, 3.8) is 0 Å². The van der Waals surface area contributed by atoms with E-state index in [1.807, 2.05) is 0 Å². The van der Waals surface area contributed by atoms with Crippen LogP contribution in [0.3, 0.4) is 0 Å². The van der Waals surface area contributed by atoms with E-state index in [1.165, 1.54) is 6.20 Å². The SMILES string of the molecule is CCOC(=O)c1ccc2ncc(C(=O)OCC)c(Nc3ccc(Cl)c(Cl)c3)c2c1. The lowest BCUT2D eigenvalue weighted by molar-refractivity contribution is 0.0518. The molecule has 0 radical (unpaired) electrons. The lowest BCUT2D eigenvalue weighted by Crippen LogP contribution is -2.10. The van der Waals surface area contributed by atoms with Crippen molar-refractivity contribution in [2.24, 2.45) is 0 Å². The predicted molar refractivity (Wildman–Crippen MR) is 113 cm³/mol. The molecular weight excluding hydrogens is 415 g/mol. The predicted octanol–water partition coefficient (Wildman–Crippen LogP) is 5.64. The summed E-state index contributed by atoms with van der Waals surface area (Å²) in [4.78, 5) is 29.0. The fraction of sp³-hybridized carbons (Fsp3) is 0.190. The zero-order valence-corrected chi connectivity index (χ0v) is 17.3. The van der Waals surface area contributed by atoms with Gasteiger partial charge in [0.2, 0.25) is 0 Å². The number of esters is 2. The Morgan fingerprint density at radius 3 is 2.38 bits per heavy atom. The Hall–Kier alpha value is -2.83. The number of fused-ring (bicyclic) bond motifs is 1. The van der Waals surface area contributed by atoms with Gasteiger partial charge in [0.15, 0.2) is 0 Å². The lowest BCUT2D eigenvalue weighted by atomic mass is 10.1. The molecule has 1 aromatic heterocycles. The highest BCUT2D eigenvalue weighted by Crippen LogP contribution is 2.33. The van der Waals surface area contributed by atoms with Crippen LogP contribution in [0.25, 0.3) is 10.9 Å². The van der Waals surface area contributed by atoms with Gasteiger partial charge in [-0.1, -0.05) is 23.2 Å². The highest BCUT2D eigenvalue weighted by atomic mass is 35.5. The van der Waals surface area contributed by atoms with E-state index < -0.39 is 11.9 Å². The molecule has 29 heavy (non-hydrogen) atoms. The standard InChI is InChI=1S/C21H18Cl2N2O4/c1-3-28-20(26)12-5-8-18-14(9-12)19(15(11-24-18)21(27)29-4-2)25-13-6-7-16(22)17(23)10-13/h5-11H,3-4H2,1-2H3,(H,24,25). The van der Waals surface area contributed by atoms with Crippen molar-refractivity contribution in [3.8, 4) is 0 Å². The molecule has 0 aliphatic carbocycles. The summed E-state index contributed by atoms with van der Waals surface area (Å²) in [5.74, 6) is -0.998. The number of anilines is 2. The molecule has 150 valence electrons. The van der Waals surface area contributed by atoms with E-state index in [2.05, 4.69) is 10.3 Å². The molecule has 0 amide bonds. The minimum absolute atomic E-state index is 0.214. The first-order chi connectivity index (χ1) is 13.9. The van der Waals surface area contributed by atoms with Gasteiger partial charge >= 0.3 is 11.9 Å². The first-order valence-electron chi connectivity index (χ1n) is 8.93. The molecule has 0 atom stereocenters.